The number of carbonyl (C=O) groups excluding carboxylic acids is 1. The highest BCUT2D eigenvalue weighted by molar-refractivity contribution is 5.94. The fraction of sp³-hybridized carbons (Fsp3) is 0.125. The van der Waals surface area contributed by atoms with Crippen LogP contribution in [0.1, 0.15) is 11.8 Å². The number of benzene rings is 1. The number of para-hydroxylation sites is 1. The van der Waals surface area contributed by atoms with E-state index in [1.165, 1.54) is 12.1 Å². The minimum Gasteiger partial charge on any atom is -1.00 e. The molecule has 0 fully saturated rings. The number of rotatable bonds is 2. The third-order valence-electron chi connectivity index (χ3n) is 1.42. The molecule has 0 aliphatic heterocycles. The molecule has 0 saturated heterocycles. The van der Waals surface area contributed by atoms with Crippen LogP contribution in [0.4, 0.5) is 23.2 Å². The van der Waals surface area contributed by atoms with Crippen LogP contribution in [-0.4, -0.2) is 12.3 Å². The van der Waals surface area contributed by atoms with Crippen LogP contribution in [-0.2, 0) is 0 Å². The Bertz CT molecular complexity index is 355. The Balaban J connectivity index is 0. The van der Waals surface area contributed by atoms with E-state index in [2.05, 4.69) is 0 Å². The minimum absolute atomic E-state index is 0. The molecule has 1 aromatic rings. The van der Waals surface area contributed by atoms with Crippen LogP contribution in [0, 0.1) is 0 Å². The average molecular weight is 227 g/mol. The zero-order valence-electron chi connectivity index (χ0n) is 8.11. The smallest absolute Gasteiger partial charge is 1.00 e. The molecule has 2 nitrogen and oxygen atoms in total. The average Bonchev–Trinajstić information content (AvgIpc) is 2.01. The lowest BCUT2D eigenvalue weighted by atomic mass is 10.2. The highest BCUT2D eigenvalue weighted by atomic mass is 19.4. The fourth-order valence-electron chi connectivity index (χ4n) is 0.916. The molecule has 84 valence electrons. The largest absolute Gasteiger partial charge is 1.00 e. The molecule has 0 heterocycles. The summed E-state index contributed by atoms with van der Waals surface area (Å²) in [5.74, 6) is 0. The molecule has 0 aromatic heterocycles. The molecule has 0 radical (unpaired) electrons. The number of anilines is 1. The molecule has 0 aliphatic rings. The molecule has 15 heavy (non-hydrogen) atoms. The van der Waals surface area contributed by atoms with Gasteiger partial charge < -0.3 is 4.70 Å². The third-order valence-corrected chi connectivity index (χ3v) is 1.42. The fourth-order valence-corrected chi connectivity index (χ4v) is 0.916. The van der Waals surface area contributed by atoms with Crippen LogP contribution in [0.25, 0.3) is 0 Å². The van der Waals surface area contributed by atoms with E-state index in [-0.39, 0.29) is 6.13 Å². The standard InChI is InChI=1S/C8H5F4NO.FH/c9-7(14)5-3-1-2-4-6(5)13-8(10,11)12;/h1-4,13H;1H. The predicted octanol–water partition coefficient (Wildman–Crippen LogP) is -0.156. The Morgan fingerprint density at radius 3 is 2.27 bits per heavy atom. The molecule has 0 bridgehead atoms. The van der Waals surface area contributed by atoms with Crippen LogP contribution in [0.15, 0.2) is 24.3 Å². The summed E-state index contributed by atoms with van der Waals surface area (Å²) in [4.78, 5) is 10.3. The van der Waals surface area contributed by atoms with Crippen molar-refractivity contribution in [2.75, 3.05) is 5.32 Å². The number of carbonyl (C=O) groups is 1. The highest BCUT2D eigenvalue weighted by Crippen LogP contribution is 2.23. The first-order chi connectivity index (χ1) is 6.40. The van der Waals surface area contributed by atoms with E-state index in [0.717, 1.165) is 17.4 Å². The van der Waals surface area contributed by atoms with Crippen LogP contribution in [0.2, 0.25) is 0 Å². The van der Waals surface area contributed by atoms with Gasteiger partial charge in [-0.25, -0.2) is 0 Å². The Morgan fingerprint density at radius 1 is 1.27 bits per heavy atom. The maximum Gasteiger partial charge on any atom is 1.00 e. The van der Waals surface area contributed by atoms with Crippen molar-refractivity contribution >= 4 is 11.7 Å². The van der Waals surface area contributed by atoms with E-state index >= 15 is 0 Å². The number of halogens is 5. The van der Waals surface area contributed by atoms with E-state index in [4.69, 9.17) is 0 Å². The second-order valence-corrected chi connectivity index (χ2v) is 2.44. The SMILES string of the molecule is O=C(F)c1ccccc1NC(F)(F)F.[F-].[H+]. The van der Waals surface area contributed by atoms with Crippen molar-refractivity contribution < 1.29 is 28.5 Å². The molecule has 0 unspecified atom stereocenters. The van der Waals surface area contributed by atoms with Crippen LogP contribution in [0.5, 0.6) is 0 Å². The van der Waals surface area contributed by atoms with E-state index in [0.29, 0.717) is 0 Å². The van der Waals surface area contributed by atoms with E-state index < -0.39 is 23.6 Å². The third kappa shape index (κ3) is 3.92. The quantitative estimate of drug-likeness (QED) is 0.432. The lowest BCUT2D eigenvalue weighted by molar-refractivity contribution is -0.0999. The second-order valence-electron chi connectivity index (χ2n) is 2.44. The Kier molecular flexibility index (Phi) is 4.20. The summed E-state index contributed by atoms with van der Waals surface area (Å²) in [6.07, 6.45) is -4.69. The summed E-state index contributed by atoms with van der Waals surface area (Å²) in [6, 6.07) is 2.57. The molecular formula is C8H6F5NO. The van der Waals surface area contributed by atoms with Gasteiger partial charge in [0.15, 0.2) is 0 Å². The number of hydrogen-bond acceptors (Lipinski definition) is 2. The molecule has 0 saturated carbocycles. The second kappa shape index (κ2) is 4.72. The Labute approximate surface area is 82.7 Å². The van der Waals surface area contributed by atoms with E-state index in [9.17, 15) is 22.4 Å². The molecule has 0 atom stereocenters. The van der Waals surface area contributed by atoms with E-state index in [1.54, 1.807) is 0 Å². The normalized spacial score (nSPS) is 10.4. The van der Waals surface area contributed by atoms with Crippen molar-refractivity contribution in [1.82, 2.24) is 0 Å². The van der Waals surface area contributed by atoms with Gasteiger partial charge in [0.05, 0.1) is 11.3 Å². The van der Waals surface area contributed by atoms with Gasteiger partial charge in [0.2, 0.25) is 0 Å². The van der Waals surface area contributed by atoms with Gasteiger partial charge in [-0.15, -0.1) is 0 Å². The molecular weight excluding hydrogens is 221 g/mol. The zero-order chi connectivity index (χ0) is 10.8. The first kappa shape index (κ1) is 13.3. The molecule has 7 heteroatoms. The van der Waals surface area contributed by atoms with Crippen LogP contribution >= 0.6 is 0 Å². The van der Waals surface area contributed by atoms with Gasteiger partial charge in [0.25, 0.3) is 0 Å². The zero-order valence-corrected chi connectivity index (χ0v) is 7.11. The van der Waals surface area contributed by atoms with Crippen molar-refractivity contribution in [2.24, 2.45) is 0 Å². The van der Waals surface area contributed by atoms with Crippen molar-refractivity contribution in [3.8, 4) is 0 Å². The van der Waals surface area contributed by atoms with Crippen LogP contribution < -0.4 is 10.0 Å². The summed E-state index contributed by atoms with van der Waals surface area (Å²) in [5, 5.41) is 1.07. The molecule has 0 spiro atoms. The summed E-state index contributed by atoms with van der Waals surface area (Å²) < 4.78 is 47.7. The van der Waals surface area contributed by atoms with Gasteiger partial charge in [-0.3, -0.25) is 10.1 Å². The van der Waals surface area contributed by atoms with Gasteiger partial charge in [0.1, 0.15) is 0 Å². The Morgan fingerprint density at radius 2 is 1.80 bits per heavy atom. The minimum atomic E-state index is -4.69. The maximum absolute atomic E-state index is 12.2. The monoisotopic (exact) mass is 227 g/mol. The summed E-state index contributed by atoms with van der Waals surface area (Å²) in [5.41, 5.74) is -1.22. The summed E-state index contributed by atoms with van der Waals surface area (Å²) in [6.45, 7) is 0. The van der Waals surface area contributed by atoms with Crippen LogP contribution in [0.3, 0.4) is 0 Å². The van der Waals surface area contributed by atoms with E-state index in [1.807, 2.05) is 0 Å². The summed E-state index contributed by atoms with van der Waals surface area (Å²) >= 11 is 0. The van der Waals surface area contributed by atoms with Gasteiger partial charge >= 0.3 is 13.8 Å². The molecule has 1 N–H and O–H groups in total. The van der Waals surface area contributed by atoms with Crippen molar-refractivity contribution in [3.05, 3.63) is 29.8 Å². The molecule has 0 aliphatic carbocycles. The number of alkyl halides is 3. The van der Waals surface area contributed by atoms with Gasteiger partial charge in [-0.1, -0.05) is 12.1 Å². The molecule has 1 aromatic carbocycles. The van der Waals surface area contributed by atoms with Gasteiger partial charge in [-0.05, 0) is 12.1 Å². The molecule has 0 amide bonds. The Hall–Kier alpha value is -1.66. The van der Waals surface area contributed by atoms with Gasteiger partial charge in [0, 0.05) is 0 Å². The summed E-state index contributed by atoms with van der Waals surface area (Å²) in [7, 11) is 0. The first-order valence-corrected chi connectivity index (χ1v) is 3.54. The maximum atomic E-state index is 12.2. The number of nitrogens with one attached hydrogen (secondary N) is 1. The highest BCUT2D eigenvalue weighted by Gasteiger charge is 2.28. The van der Waals surface area contributed by atoms with Crippen molar-refractivity contribution in [1.29, 1.82) is 0 Å². The van der Waals surface area contributed by atoms with Crippen molar-refractivity contribution in [3.63, 3.8) is 0 Å². The number of hydrogen-bond donors (Lipinski definition) is 1. The predicted molar refractivity (Wildman–Crippen MR) is 42.7 cm³/mol. The topological polar surface area (TPSA) is 29.1 Å². The molecule has 1 rings (SSSR count). The lowest BCUT2D eigenvalue weighted by Gasteiger charge is -2.11. The first-order valence-electron chi connectivity index (χ1n) is 3.54. The van der Waals surface area contributed by atoms with Crippen molar-refractivity contribution in [2.45, 2.75) is 6.30 Å². The lowest BCUT2D eigenvalue weighted by Crippen LogP contribution is -3.00. The van der Waals surface area contributed by atoms with Gasteiger partial charge in [-0.2, -0.15) is 17.6 Å².